The van der Waals surface area contributed by atoms with Gasteiger partial charge in [0.05, 0.1) is 19.9 Å². The van der Waals surface area contributed by atoms with Crippen LogP contribution in [0.4, 0.5) is 0 Å². The lowest BCUT2D eigenvalue weighted by Gasteiger charge is -2.30. The summed E-state index contributed by atoms with van der Waals surface area (Å²) in [7, 11) is 3.24. The highest BCUT2D eigenvalue weighted by Gasteiger charge is 2.26. The SMILES string of the molecule is COc1ccc(-c2nc(CN3CCC(C(=O)NCCCSC4CCCCC4)CC3)c(C)o2)cc1OC. The van der Waals surface area contributed by atoms with Crippen molar-refractivity contribution in [3.05, 3.63) is 29.7 Å². The van der Waals surface area contributed by atoms with E-state index in [1.165, 1.54) is 32.1 Å². The second-order valence-electron chi connectivity index (χ2n) is 9.92. The molecule has 0 atom stereocenters. The number of hydrogen-bond acceptors (Lipinski definition) is 7. The Morgan fingerprint density at radius 3 is 2.58 bits per heavy atom. The topological polar surface area (TPSA) is 76.8 Å². The second kappa shape index (κ2) is 13.4. The van der Waals surface area contributed by atoms with Crippen LogP contribution in [0.2, 0.25) is 0 Å². The minimum atomic E-state index is 0.118. The Labute approximate surface area is 219 Å². The number of nitrogens with zero attached hydrogens (tertiary/aromatic N) is 2. The van der Waals surface area contributed by atoms with Gasteiger partial charge in [0.2, 0.25) is 11.8 Å². The number of thioether (sulfide) groups is 1. The van der Waals surface area contributed by atoms with E-state index in [0.717, 1.165) is 73.5 Å². The number of hydrogen-bond donors (Lipinski definition) is 1. The summed E-state index contributed by atoms with van der Waals surface area (Å²) in [5, 5.41) is 4.03. The third-order valence-electron chi connectivity index (χ3n) is 7.38. The molecule has 0 unspecified atom stereocenters. The zero-order valence-electron chi connectivity index (χ0n) is 22.0. The highest BCUT2D eigenvalue weighted by molar-refractivity contribution is 7.99. The minimum absolute atomic E-state index is 0.118. The average Bonchev–Trinajstić information content (AvgIpc) is 3.28. The van der Waals surface area contributed by atoms with E-state index in [1.54, 1.807) is 14.2 Å². The number of carbonyl (C=O) groups is 1. The maximum Gasteiger partial charge on any atom is 0.226 e. The lowest BCUT2D eigenvalue weighted by molar-refractivity contribution is -0.126. The van der Waals surface area contributed by atoms with Crippen LogP contribution in [0, 0.1) is 12.8 Å². The highest BCUT2D eigenvalue weighted by atomic mass is 32.2. The van der Waals surface area contributed by atoms with Gasteiger partial charge in [0.15, 0.2) is 11.5 Å². The Morgan fingerprint density at radius 2 is 1.86 bits per heavy atom. The molecule has 0 radical (unpaired) electrons. The molecule has 7 nitrogen and oxygen atoms in total. The first-order chi connectivity index (χ1) is 17.6. The number of amides is 1. The highest BCUT2D eigenvalue weighted by Crippen LogP contribution is 2.33. The summed E-state index contributed by atoms with van der Waals surface area (Å²) in [5.41, 5.74) is 1.80. The maximum atomic E-state index is 12.7. The molecule has 1 N–H and O–H groups in total. The van der Waals surface area contributed by atoms with Gasteiger partial charge in [0, 0.05) is 29.8 Å². The summed E-state index contributed by atoms with van der Waals surface area (Å²) in [6, 6.07) is 5.67. The van der Waals surface area contributed by atoms with Crippen LogP contribution < -0.4 is 14.8 Å². The van der Waals surface area contributed by atoms with E-state index in [1.807, 2.05) is 25.1 Å². The second-order valence-corrected chi connectivity index (χ2v) is 11.3. The largest absolute Gasteiger partial charge is 0.493 e. The van der Waals surface area contributed by atoms with Gasteiger partial charge in [-0.05, 0) is 76.1 Å². The summed E-state index contributed by atoms with van der Waals surface area (Å²) in [4.78, 5) is 19.8. The van der Waals surface area contributed by atoms with Crippen LogP contribution in [-0.4, -0.2) is 60.6 Å². The van der Waals surface area contributed by atoms with Crippen molar-refractivity contribution in [2.24, 2.45) is 5.92 Å². The molecule has 1 aromatic heterocycles. The van der Waals surface area contributed by atoms with E-state index in [-0.39, 0.29) is 11.8 Å². The van der Waals surface area contributed by atoms with E-state index in [0.29, 0.717) is 17.4 Å². The van der Waals surface area contributed by atoms with Crippen molar-refractivity contribution in [2.45, 2.75) is 70.1 Å². The fourth-order valence-electron chi connectivity index (χ4n) is 5.14. The monoisotopic (exact) mass is 515 g/mol. The lowest BCUT2D eigenvalue weighted by Crippen LogP contribution is -2.40. The predicted octanol–water partition coefficient (Wildman–Crippen LogP) is 5.45. The molecule has 8 heteroatoms. The molecular weight excluding hydrogens is 474 g/mol. The number of aromatic nitrogens is 1. The summed E-state index contributed by atoms with van der Waals surface area (Å²) >= 11 is 2.11. The maximum absolute atomic E-state index is 12.7. The first-order valence-corrected chi connectivity index (χ1v) is 14.4. The Kier molecular flexibility index (Phi) is 9.98. The summed E-state index contributed by atoms with van der Waals surface area (Å²) in [5.74, 6) is 4.24. The minimum Gasteiger partial charge on any atom is -0.493 e. The van der Waals surface area contributed by atoms with Gasteiger partial charge in [0.25, 0.3) is 0 Å². The number of nitrogens with one attached hydrogen (secondary N) is 1. The van der Waals surface area contributed by atoms with Crippen LogP contribution in [0.1, 0.15) is 62.8 Å². The van der Waals surface area contributed by atoms with Gasteiger partial charge in [-0.25, -0.2) is 4.98 Å². The number of rotatable bonds is 11. The van der Waals surface area contributed by atoms with Crippen molar-refractivity contribution in [1.29, 1.82) is 0 Å². The number of piperidine rings is 1. The molecule has 1 amide bonds. The zero-order chi connectivity index (χ0) is 25.3. The Morgan fingerprint density at radius 1 is 1.11 bits per heavy atom. The Bertz CT molecular complexity index is 981. The molecule has 2 heterocycles. The smallest absolute Gasteiger partial charge is 0.226 e. The Balaban J connectivity index is 1.19. The predicted molar refractivity (Wildman–Crippen MR) is 145 cm³/mol. The molecule has 1 aliphatic heterocycles. The fraction of sp³-hybridized carbons (Fsp3) is 0.643. The van der Waals surface area contributed by atoms with Crippen molar-refractivity contribution in [1.82, 2.24) is 15.2 Å². The van der Waals surface area contributed by atoms with E-state index in [9.17, 15) is 4.79 Å². The molecule has 1 aliphatic carbocycles. The molecule has 0 spiro atoms. The molecular formula is C28H41N3O4S. The summed E-state index contributed by atoms with van der Waals surface area (Å²) in [6.07, 6.45) is 9.79. The molecule has 1 aromatic carbocycles. The molecule has 2 aromatic rings. The molecule has 0 bridgehead atoms. The van der Waals surface area contributed by atoms with E-state index in [2.05, 4.69) is 22.0 Å². The number of benzene rings is 1. The fourth-order valence-corrected chi connectivity index (χ4v) is 6.45. The van der Waals surface area contributed by atoms with Crippen LogP contribution >= 0.6 is 11.8 Å². The van der Waals surface area contributed by atoms with Crippen LogP contribution in [0.5, 0.6) is 11.5 Å². The van der Waals surface area contributed by atoms with Gasteiger partial charge < -0.3 is 19.2 Å². The van der Waals surface area contributed by atoms with Gasteiger partial charge in [-0.2, -0.15) is 11.8 Å². The quantitative estimate of drug-likeness (QED) is 0.399. The molecule has 1 saturated carbocycles. The van der Waals surface area contributed by atoms with Gasteiger partial charge >= 0.3 is 0 Å². The van der Waals surface area contributed by atoms with Crippen LogP contribution in [-0.2, 0) is 11.3 Å². The third kappa shape index (κ3) is 7.19. The van der Waals surface area contributed by atoms with Crippen LogP contribution in [0.15, 0.2) is 22.6 Å². The average molecular weight is 516 g/mol. The van der Waals surface area contributed by atoms with E-state index in [4.69, 9.17) is 18.9 Å². The first kappa shape index (κ1) is 26.9. The van der Waals surface area contributed by atoms with Crippen molar-refractivity contribution in [3.8, 4) is 23.0 Å². The van der Waals surface area contributed by atoms with Crippen LogP contribution in [0.3, 0.4) is 0 Å². The molecule has 2 aliphatic rings. The number of aryl methyl sites for hydroxylation is 1. The zero-order valence-corrected chi connectivity index (χ0v) is 22.8. The van der Waals surface area contributed by atoms with Crippen molar-refractivity contribution < 1.29 is 18.7 Å². The summed E-state index contributed by atoms with van der Waals surface area (Å²) < 4.78 is 16.7. The van der Waals surface area contributed by atoms with Gasteiger partial charge in [-0.15, -0.1) is 0 Å². The number of oxazole rings is 1. The Hall–Kier alpha value is -2.19. The number of likely N-dealkylation sites (tertiary alicyclic amines) is 1. The first-order valence-electron chi connectivity index (χ1n) is 13.4. The normalized spacial score (nSPS) is 17.8. The van der Waals surface area contributed by atoms with Crippen LogP contribution in [0.25, 0.3) is 11.5 Å². The number of carbonyl (C=O) groups excluding carboxylic acids is 1. The molecule has 198 valence electrons. The lowest BCUT2D eigenvalue weighted by atomic mass is 9.95. The standard InChI is InChI=1S/C28H41N3O4S/c1-20-24(30-28(35-20)22-10-11-25(33-2)26(18-22)34-3)19-31-15-12-21(13-16-31)27(32)29-14-7-17-36-23-8-5-4-6-9-23/h10-11,18,21,23H,4-9,12-17,19H2,1-3H3,(H,29,32). The van der Waals surface area contributed by atoms with Crippen molar-refractivity contribution in [3.63, 3.8) is 0 Å². The number of ether oxygens (including phenoxy) is 2. The van der Waals surface area contributed by atoms with Gasteiger partial charge in [0.1, 0.15) is 5.76 Å². The third-order valence-corrected chi connectivity index (χ3v) is 8.85. The number of methoxy groups -OCH3 is 2. The van der Waals surface area contributed by atoms with E-state index >= 15 is 0 Å². The molecule has 36 heavy (non-hydrogen) atoms. The summed E-state index contributed by atoms with van der Waals surface area (Å²) in [6.45, 7) is 5.28. The van der Waals surface area contributed by atoms with E-state index < -0.39 is 0 Å². The van der Waals surface area contributed by atoms with Crippen molar-refractivity contribution in [2.75, 3.05) is 39.6 Å². The molecule has 2 fully saturated rings. The molecule has 1 saturated heterocycles. The van der Waals surface area contributed by atoms with Crippen molar-refractivity contribution >= 4 is 17.7 Å². The van der Waals surface area contributed by atoms with Gasteiger partial charge in [-0.1, -0.05) is 19.3 Å². The molecule has 4 rings (SSSR count). The van der Waals surface area contributed by atoms with Gasteiger partial charge in [-0.3, -0.25) is 9.69 Å².